The van der Waals surface area contributed by atoms with Crippen molar-refractivity contribution in [2.75, 3.05) is 11.9 Å². The molecule has 0 bridgehead atoms. The molecule has 0 fully saturated rings. The number of aromatic nitrogens is 2. The molecule has 3 nitrogen and oxygen atoms in total. The van der Waals surface area contributed by atoms with Gasteiger partial charge in [-0.25, -0.2) is 4.98 Å². The lowest BCUT2D eigenvalue weighted by atomic mass is 10.3. The van der Waals surface area contributed by atoms with E-state index in [-0.39, 0.29) is 0 Å². The maximum atomic E-state index is 4.43. The first kappa shape index (κ1) is 11.0. The van der Waals surface area contributed by atoms with Gasteiger partial charge in [0.1, 0.15) is 0 Å². The van der Waals surface area contributed by atoms with Gasteiger partial charge in [-0.2, -0.15) is 0 Å². The average molecular weight is 333 g/mol. The number of nitrogens with one attached hydrogen (secondary N) is 2. The number of hydrogen-bond donors (Lipinski definition) is 2. The number of H-pyrrole nitrogens is 1. The van der Waals surface area contributed by atoms with Crippen LogP contribution >= 0.6 is 31.9 Å². The van der Waals surface area contributed by atoms with Gasteiger partial charge in [-0.1, -0.05) is 6.92 Å². The third kappa shape index (κ3) is 2.34. The fraction of sp³-hybridized carbons (Fsp3) is 0.300. The molecule has 0 radical (unpaired) electrons. The molecule has 2 N–H and O–H groups in total. The molecule has 0 spiro atoms. The van der Waals surface area contributed by atoms with Gasteiger partial charge < -0.3 is 10.3 Å². The molecule has 0 saturated heterocycles. The fourth-order valence-corrected chi connectivity index (χ4v) is 2.01. The number of hydrogen-bond acceptors (Lipinski definition) is 2. The fourth-order valence-electron chi connectivity index (χ4n) is 1.33. The van der Waals surface area contributed by atoms with Crippen molar-refractivity contribution in [3.63, 3.8) is 0 Å². The summed E-state index contributed by atoms with van der Waals surface area (Å²) in [6, 6.07) is 4.01. The number of aromatic amines is 1. The summed E-state index contributed by atoms with van der Waals surface area (Å²) >= 11 is 6.92. The van der Waals surface area contributed by atoms with Crippen molar-refractivity contribution in [1.29, 1.82) is 0 Å². The van der Waals surface area contributed by atoms with Crippen molar-refractivity contribution in [2.45, 2.75) is 13.3 Å². The van der Waals surface area contributed by atoms with E-state index in [1.807, 2.05) is 12.1 Å². The number of anilines is 1. The quantitative estimate of drug-likeness (QED) is 0.894. The van der Waals surface area contributed by atoms with Gasteiger partial charge in [0.25, 0.3) is 0 Å². The number of fused-ring (bicyclic) bond motifs is 1. The van der Waals surface area contributed by atoms with Crippen molar-refractivity contribution in [1.82, 2.24) is 9.97 Å². The largest absolute Gasteiger partial charge is 0.356 e. The minimum absolute atomic E-state index is 0.830. The lowest BCUT2D eigenvalue weighted by Gasteiger charge is -1.96. The highest BCUT2D eigenvalue weighted by atomic mass is 79.9. The summed E-state index contributed by atoms with van der Waals surface area (Å²) in [5.41, 5.74) is 1.99. The van der Waals surface area contributed by atoms with Crippen LogP contribution in [0.1, 0.15) is 13.3 Å². The number of imidazole rings is 1. The lowest BCUT2D eigenvalue weighted by Crippen LogP contribution is -2.00. The van der Waals surface area contributed by atoms with Crippen LogP contribution in [0.3, 0.4) is 0 Å². The van der Waals surface area contributed by atoms with Gasteiger partial charge in [-0.05, 0) is 50.4 Å². The van der Waals surface area contributed by atoms with Crippen LogP contribution in [0.5, 0.6) is 0 Å². The summed E-state index contributed by atoms with van der Waals surface area (Å²) in [7, 11) is 0. The van der Waals surface area contributed by atoms with E-state index in [1.165, 1.54) is 0 Å². The van der Waals surface area contributed by atoms with E-state index >= 15 is 0 Å². The van der Waals surface area contributed by atoms with Gasteiger partial charge in [0.05, 0.1) is 11.0 Å². The monoisotopic (exact) mass is 331 g/mol. The maximum Gasteiger partial charge on any atom is 0.201 e. The number of rotatable bonds is 3. The van der Waals surface area contributed by atoms with Crippen molar-refractivity contribution in [3.05, 3.63) is 21.1 Å². The zero-order chi connectivity index (χ0) is 10.8. The Kier molecular flexibility index (Phi) is 3.31. The van der Waals surface area contributed by atoms with Crippen LogP contribution in [0, 0.1) is 0 Å². The molecular weight excluding hydrogens is 322 g/mol. The third-order valence-corrected chi connectivity index (χ3v) is 3.91. The van der Waals surface area contributed by atoms with Crippen LogP contribution in [0.25, 0.3) is 11.0 Å². The standard InChI is InChI=1S/C10H11Br2N3/c1-2-3-13-10-14-8-4-6(11)7(12)5-9(8)15-10/h4-5H,2-3H2,1H3,(H2,13,14,15). The Bertz CT molecular complexity index is 440. The molecule has 5 heteroatoms. The Morgan fingerprint density at radius 2 is 2.07 bits per heavy atom. The highest BCUT2D eigenvalue weighted by Crippen LogP contribution is 2.28. The molecule has 2 aromatic rings. The molecule has 1 aromatic carbocycles. The molecule has 1 heterocycles. The number of halogens is 2. The average Bonchev–Trinajstić information content (AvgIpc) is 2.58. The molecule has 1 aromatic heterocycles. The van der Waals surface area contributed by atoms with E-state index in [0.717, 1.165) is 38.9 Å². The molecule has 0 aliphatic heterocycles. The second-order valence-electron chi connectivity index (χ2n) is 3.30. The van der Waals surface area contributed by atoms with Gasteiger partial charge in [0.2, 0.25) is 5.95 Å². The highest BCUT2D eigenvalue weighted by Gasteiger charge is 2.05. The van der Waals surface area contributed by atoms with E-state index in [2.05, 4.69) is 54.1 Å². The van der Waals surface area contributed by atoms with E-state index in [4.69, 9.17) is 0 Å². The Labute approximate surface area is 105 Å². The summed E-state index contributed by atoms with van der Waals surface area (Å²) in [4.78, 5) is 7.66. The Morgan fingerprint density at radius 3 is 2.80 bits per heavy atom. The van der Waals surface area contributed by atoms with Crippen LogP contribution in [0.15, 0.2) is 21.1 Å². The first-order valence-electron chi connectivity index (χ1n) is 4.79. The van der Waals surface area contributed by atoms with Gasteiger partial charge >= 0.3 is 0 Å². The van der Waals surface area contributed by atoms with Gasteiger partial charge in [0, 0.05) is 15.5 Å². The van der Waals surface area contributed by atoms with Crippen LogP contribution in [-0.4, -0.2) is 16.5 Å². The Hall–Kier alpha value is -0.550. The zero-order valence-corrected chi connectivity index (χ0v) is 11.4. The van der Waals surface area contributed by atoms with Gasteiger partial charge in [0.15, 0.2) is 0 Å². The SMILES string of the molecule is CCCNc1nc2cc(Br)c(Br)cc2[nH]1. The summed E-state index contributed by atoms with van der Waals surface area (Å²) in [5.74, 6) is 0.830. The molecule has 15 heavy (non-hydrogen) atoms. The Morgan fingerprint density at radius 1 is 1.33 bits per heavy atom. The second-order valence-corrected chi connectivity index (χ2v) is 5.00. The summed E-state index contributed by atoms with van der Waals surface area (Å²) in [6.45, 7) is 3.06. The van der Waals surface area contributed by atoms with Crippen LogP contribution in [0.2, 0.25) is 0 Å². The molecule has 0 amide bonds. The molecule has 80 valence electrons. The molecule has 0 unspecified atom stereocenters. The third-order valence-electron chi connectivity index (χ3n) is 2.07. The summed E-state index contributed by atoms with van der Waals surface area (Å²) in [5, 5.41) is 3.23. The van der Waals surface area contributed by atoms with Crippen molar-refractivity contribution < 1.29 is 0 Å². The normalized spacial score (nSPS) is 10.9. The Balaban J connectivity index is 2.38. The van der Waals surface area contributed by atoms with E-state index in [9.17, 15) is 0 Å². The number of nitrogens with zero attached hydrogens (tertiary/aromatic N) is 1. The molecular formula is C10H11Br2N3. The molecule has 0 aliphatic rings. The van der Waals surface area contributed by atoms with E-state index in [1.54, 1.807) is 0 Å². The van der Waals surface area contributed by atoms with Gasteiger partial charge in [-0.3, -0.25) is 0 Å². The van der Waals surface area contributed by atoms with Crippen molar-refractivity contribution in [2.24, 2.45) is 0 Å². The molecule has 0 aliphatic carbocycles. The maximum absolute atomic E-state index is 4.43. The molecule has 0 saturated carbocycles. The van der Waals surface area contributed by atoms with E-state index in [0.29, 0.717) is 0 Å². The molecule has 2 rings (SSSR count). The number of benzene rings is 1. The van der Waals surface area contributed by atoms with Crippen LogP contribution < -0.4 is 5.32 Å². The first-order chi connectivity index (χ1) is 7.20. The molecule has 0 atom stereocenters. The smallest absolute Gasteiger partial charge is 0.201 e. The van der Waals surface area contributed by atoms with Crippen molar-refractivity contribution in [3.8, 4) is 0 Å². The minimum atomic E-state index is 0.830. The first-order valence-corrected chi connectivity index (χ1v) is 6.38. The predicted octanol–water partition coefficient (Wildman–Crippen LogP) is 3.91. The predicted molar refractivity (Wildman–Crippen MR) is 70.3 cm³/mol. The minimum Gasteiger partial charge on any atom is -0.356 e. The van der Waals surface area contributed by atoms with Crippen LogP contribution in [0.4, 0.5) is 5.95 Å². The lowest BCUT2D eigenvalue weighted by molar-refractivity contribution is 0.964. The second kappa shape index (κ2) is 4.53. The van der Waals surface area contributed by atoms with Gasteiger partial charge in [-0.15, -0.1) is 0 Å². The summed E-state index contributed by atoms with van der Waals surface area (Å²) < 4.78 is 2.05. The zero-order valence-electron chi connectivity index (χ0n) is 8.27. The topological polar surface area (TPSA) is 40.7 Å². The van der Waals surface area contributed by atoms with Crippen molar-refractivity contribution >= 4 is 48.8 Å². The summed E-state index contributed by atoms with van der Waals surface area (Å²) in [6.07, 6.45) is 1.09. The van der Waals surface area contributed by atoms with Crippen LogP contribution in [-0.2, 0) is 0 Å². The highest BCUT2D eigenvalue weighted by molar-refractivity contribution is 9.13. The van der Waals surface area contributed by atoms with E-state index < -0.39 is 0 Å².